The molecule has 0 atom stereocenters. The van der Waals surface area contributed by atoms with Crippen LogP contribution in [0.1, 0.15) is 11.1 Å². The number of aromatic nitrogens is 1. The molecule has 0 radical (unpaired) electrons. The van der Waals surface area contributed by atoms with Crippen molar-refractivity contribution in [2.45, 2.75) is 13.3 Å². The SMILES string of the molecule is Cc1c[nH]c(=O)c(CCO)c1. The van der Waals surface area contributed by atoms with Crippen LogP contribution in [0.15, 0.2) is 17.1 Å². The Balaban J connectivity index is 3.03. The van der Waals surface area contributed by atoms with Crippen LogP contribution < -0.4 is 5.56 Å². The topological polar surface area (TPSA) is 53.1 Å². The van der Waals surface area contributed by atoms with E-state index < -0.39 is 0 Å². The van der Waals surface area contributed by atoms with Crippen LogP contribution in [0.25, 0.3) is 0 Å². The van der Waals surface area contributed by atoms with E-state index in [1.807, 2.05) is 6.92 Å². The van der Waals surface area contributed by atoms with Gasteiger partial charge in [0.2, 0.25) is 0 Å². The molecule has 0 spiro atoms. The van der Waals surface area contributed by atoms with Gasteiger partial charge in [0.1, 0.15) is 0 Å². The molecule has 0 saturated heterocycles. The highest BCUT2D eigenvalue weighted by molar-refractivity contribution is 5.16. The van der Waals surface area contributed by atoms with Gasteiger partial charge in [-0.3, -0.25) is 4.79 Å². The molecule has 0 aliphatic rings. The van der Waals surface area contributed by atoms with Crippen LogP contribution in [0.3, 0.4) is 0 Å². The van der Waals surface area contributed by atoms with Gasteiger partial charge >= 0.3 is 0 Å². The molecule has 1 aromatic heterocycles. The quantitative estimate of drug-likeness (QED) is 0.638. The molecular formula is C8H11NO2. The zero-order valence-electron chi connectivity index (χ0n) is 6.42. The summed E-state index contributed by atoms with van der Waals surface area (Å²) < 4.78 is 0. The van der Waals surface area contributed by atoms with E-state index in [1.165, 1.54) is 0 Å². The van der Waals surface area contributed by atoms with E-state index >= 15 is 0 Å². The summed E-state index contributed by atoms with van der Waals surface area (Å²) in [5.41, 5.74) is 1.55. The predicted molar refractivity (Wildman–Crippen MR) is 42.6 cm³/mol. The fraction of sp³-hybridized carbons (Fsp3) is 0.375. The van der Waals surface area contributed by atoms with Crippen molar-refractivity contribution in [3.63, 3.8) is 0 Å². The number of hydrogen-bond acceptors (Lipinski definition) is 2. The Hall–Kier alpha value is -1.09. The summed E-state index contributed by atoms with van der Waals surface area (Å²) in [5.74, 6) is 0. The highest BCUT2D eigenvalue weighted by Crippen LogP contribution is 1.95. The Kier molecular flexibility index (Phi) is 2.44. The third-order valence-corrected chi connectivity index (χ3v) is 1.51. The highest BCUT2D eigenvalue weighted by Gasteiger charge is 1.97. The van der Waals surface area contributed by atoms with E-state index in [-0.39, 0.29) is 12.2 Å². The maximum absolute atomic E-state index is 11.0. The maximum Gasteiger partial charge on any atom is 0.251 e. The molecule has 0 bridgehead atoms. The van der Waals surface area contributed by atoms with Crippen LogP contribution in [-0.2, 0) is 6.42 Å². The monoisotopic (exact) mass is 153 g/mol. The van der Waals surface area contributed by atoms with Gasteiger partial charge in [-0.25, -0.2) is 0 Å². The molecule has 0 saturated carbocycles. The van der Waals surface area contributed by atoms with Crippen LogP contribution in [0.2, 0.25) is 0 Å². The van der Waals surface area contributed by atoms with E-state index in [0.717, 1.165) is 5.56 Å². The molecule has 60 valence electrons. The maximum atomic E-state index is 11.0. The first-order chi connectivity index (χ1) is 5.24. The molecule has 1 heterocycles. The number of aryl methyl sites for hydroxylation is 1. The Morgan fingerprint density at radius 3 is 3.00 bits per heavy atom. The van der Waals surface area contributed by atoms with Crippen molar-refractivity contribution in [1.82, 2.24) is 4.98 Å². The number of hydrogen-bond donors (Lipinski definition) is 2. The summed E-state index contributed by atoms with van der Waals surface area (Å²) >= 11 is 0. The summed E-state index contributed by atoms with van der Waals surface area (Å²) in [6.45, 7) is 1.92. The van der Waals surface area contributed by atoms with Gasteiger partial charge in [-0.05, 0) is 18.6 Å². The molecule has 0 aliphatic carbocycles. The number of aliphatic hydroxyl groups excluding tert-OH is 1. The lowest BCUT2D eigenvalue weighted by atomic mass is 10.2. The second kappa shape index (κ2) is 3.34. The molecule has 11 heavy (non-hydrogen) atoms. The Morgan fingerprint density at radius 2 is 2.36 bits per heavy atom. The number of rotatable bonds is 2. The number of aliphatic hydroxyl groups is 1. The molecule has 3 heteroatoms. The van der Waals surface area contributed by atoms with Crippen molar-refractivity contribution in [2.24, 2.45) is 0 Å². The number of H-pyrrole nitrogens is 1. The fourth-order valence-corrected chi connectivity index (χ4v) is 0.960. The Bertz CT molecular complexity index is 290. The van der Waals surface area contributed by atoms with Crippen molar-refractivity contribution in [1.29, 1.82) is 0 Å². The van der Waals surface area contributed by atoms with Crippen molar-refractivity contribution < 1.29 is 5.11 Å². The predicted octanol–water partition coefficient (Wildman–Crippen LogP) is 0.218. The molecule has 3 nitrogen and oxygen atoms in total. The van der Waals surface area contributed by atoms with Crippen molar-refractivity contribution in [2.75, 3.05) is 6.61 Å². The third-order valence-electron chi connectivity index (χ3n) is 1.51. The van der Waals surface area contributed by atoms with Crippen LogP contribution in [-0.4, -0.2) is 16.7 Å². The lowest BCUT2D eigenvalue weighted by molar-refractivity contribution is 0.299. The second-order valence-corrected chi connectivity index (χ2v) is 2.50. The summed E-state index contributed by atoms with van der Waals surface area (Å²) in [6, 6.07) is 1.79. The molecule has 2 N–H and O–H groups in total. The van der Waals surface area contributed by atoms with Crippen LogP contribution >= 0.6 is 0 Å². The molecule has 0 amide bonds. The first-order valence-electron chi connectivity index (χ1n) is 3.53. The van der Waals surface area contributed by atoms with Gasteiger partial charge in [0, 0.05) is 24.8 Å². The van der Waals surface area contributed by atoms with Crippen molar-refractivity contribution in [3.8, 4) is 0 Å². The van der Waals surface area contributed by atoms with Crippen LogP contribution in [0.4, 0.5) is 0 Å². The lowest BCUT2D eigenvalue weighted by Crippen LogP contribution is -2.13. The lowest BCUT2D eigenvalue weighted by Gasteiger charge is -1.97. The molecule has 0 aliphatic heterocycles. The van der Waals surface area contributed by atoms with Gasteiger partial charge in [-0.15, -0.1) is 0 Å². The smallest absolute Gasteiger partial charge is 0.251 e. The second-order valence-electron chi connectivity index (χ2n) is 2.50. The van der Waals surface area contributed by atoms with Crippen LogP contribution in [0.5, 0.6) is 0 Å². The third kappa shape index (κ3) is 1.91. The van der Waals surface area contributed by atoms with Gasteiger partial charge in [-0.2, -0.15) is 0 Å². The molecule has 1 aromatic rings. The average molecular weight is 153 g/mol. The minimum absolute atomic E-state index is 0.0204. The summed E-state index contributed by atoms with van der Waals surface area (Å²) in [5, 5.41) is 8.58. The molecule has 0 unspecified atom stereocenters. The fourth-order valence-electron chi connectivity index (χ4n) is 0.960. The van der Waals surface area contributed by atoms with E-state index in [2.05, 4.69) is 4.98 Å². The highest BCUT2D eigenvalue weighted by atomic mass is 16.3. The Labute approximate surface area is 64.7 Å². The van der Waals surface area contributed by atoms with E-state index in [4.69, 9.17) is 5.11 Å². The first kappa shape index (κ1) is 8.01. The largest absolute Gasteiger partial charge is 0.396 e. The van der Waals surface area contributed by atoms with E-state index in [1.54, 1.807) is 12.3 Å². The minimum Gasteiger partial charge on any atom is -0.396 e. The zero-order chi connectivity index (χ0) is 8.27. The van der Waals surface area contributed by atoms with E-state index in [9.17, 15) is 4.79 Å². The van der Waals surface area contributed by atoms with Crippen LogP contribution in [0, 0.1) is 6.92 Å². The average Bonchev–Trinajstić information content (AvgIpc) is 1.98. The van der Waals surface area contributed by atoms with Gasteiger partial charge in [0.05, 0.1) is 0 Å². The molecular weight excluding hydrogens is 142 g/mol. The number of pyridine rings is 1. The Morgan fingerprint density at radius 1 is 1.64 bits per heavy atom. The van der Waals surface area contributed by atoms with Gasteiger partial charge in [0.15, 0.2) is 0 Å². The number of nitrogens with one attached hydrogen (secondary N) is 1. The summed E-state index contributed by atoms with van der Waals surface area (Å²) in [7, 11) is 0. The molecule has 0 aromatic carbocycles. The first-order valence-corrected chi connectivity index (χ1v) is 3.53. The standard InChI is InChI=1S/C8H11NO2/c1-6-4-7(2-3-10)8(11)9-5-6/h4-5,10H,2-3H2,1H3,(H,9,11). The summed E-state index contributed by atoms with van der Waals surface area (Å²) in [6.07, 6.45) is 2.08. The zero-order valence-corrected chi connectivity index (χ0v) is 6.42. The van der Waals surface area contributed by atoms with Gasteiger partial charge in [-0.1, -0.05) is 0 Å². The van der Waals surface area contributed by atoms with Crippen molar-refractivity contribution in [3.05, 3.63) is 33.7 Å². The van der Waals surface area contributed by atoms with Gasteiger partial charge in [0.25, 0.3) is 5.56 Å². The normalized spacial score (nSPS) is 10.0. The van der Waals surface area contributed by atoms with E-state index in [0.29, 0.717) is 12.0 Å². The minimum atomic E-state index is -0.107. The summed E-state index contributed by atoms with van der Waals surface area (Å²) in [4.78, 5) is 13.6. The number of aromatic amines is 1. The van der Waals surface area contributed by atoms with Crippen molar-refractivity contribution >= 4 is 0 Å². The molecule has 1 rings (SSSR count). The molecule has 0 fully saturated rings. The van der Waals surface area contributed by atoms with Gasteiger partial charge < -0.3 is 10.1 Å².